The van der Waals surface area contributed by atoms with Gasteiger partial charge in [-0.05, 0) is 52.6 Å². The summed E-state index contributed by atoms with van der Waals surface area (Å²) in [5, 5.41) is 8.47. The first kappa shape index (κ1) is 18.2. The summed E-state index contributed by atoms with van der Waals surface area (Å²) in [5.74, 6) is 0. The largest absolute Gasteiger partial charge is 0.310 e. The molecule has 0 atom stereocenters. The third-order valence-electron chi connectivity index (χ3n) is 4.94. The Morgan fingerprint density at radius 3 is 2.48 bits per heavy atom. The standard InChI is InChI=1S/C19H34N4/c1-6-18-17(19(7-2)22(5)21-18)14-20-16-9-12-23(13-10-16)11-8-15(3)4/h8,16,20H,6-7,9-14H2,1-5H3. The lowest BCUT2D eigenvalue weighted by Gasteiger charge is -2.32. The zero-order valence-corrected chi connectivity index (χ0v) is 15.7. The Bertz CT molecular complexity index is 518. The molecule has 0 aromatic carbocycles. The molecule has 2 rings (SSSR count). The highest BCUT2D eigenvalue weighted by molar-refractivity contribution is 5.26. The summed E-state index contributed by atoms with van der Waals surface area (Å²) in [6, 6.07) is 0.646. The van der Waals surface area contributed by atoms with E-state index in [4.69, 9.17) is 0 Å². The number of nitrogens with zero attached hydrogens (tertiary/aromatic N) is 3. The van der Waals surface area contributed by atoms with Gasteiger partial charge in [-0.25, -0.2) is 0 Å². The highest BCUT2D eigenvalue weighted by Crippen LogP contribution is 2.17. The van der Waals surface area contributed by atoms with Crippen molar-refractivity contribution in [3.8, 4) is 0 Å². The van der Waals surface area contributed by atoms with E-state index in [-0.39, 0.29) is 0 Å². The van der Waals surface area contributed by atoms with Gasteiger partial charge in [0.1, 0.15) is 0 Å². The van der Waals surface area contributed by atoms with E-state index in [1.807, 2.05) is 0 Å². The molecule has 1 aliphatic heterocycles. The molecular weight excluding hydrogens is 284 g/mol. The van der Waals surface area contributed by atoms with Crippen molar-refractivity contribution in [1.29, 1.82) is 0 Å². The third kappa shape index (κ3) is 4.92. The van der Waals surface area contributed by atoms with Crippen molar-refractivity contribution >= 4 is 0 Å². The normalized spacial score (nSPS) is 16.7. The number of hydrogen-bond donors (Lipinski definition) is 1. The van der Waals surface area contributed by atoms with Gasteiger partial charge in [0.15, 0.2) is 0 Å². The molecule has 4 nitrogen and oxygen atoms in total. The number of aryl methyl sites for hydroxylation is 2. The van der Waals surface area contributed by atoms with Crippen molar-refractivity contribution in [3.63, 3.8) is 0 Å². The molecule has 1 fully saturated rings. The van der Waals surface area contributed by atoms with Crippen LogP contribution in [-0.4, -0.2) is 40.4 Å². The fraction of sp³-hybridized carbons (Fsp3) is 0.737. The van der Waals surface area contributed by atoms with Crippen molar-refractivity contribution in [2.45, 2.75) is 66.0 Å². The highest BCUT2D eigenvalue weighted by atomic mass is 15.3. The summed E-state index contributed by atoms with van der Waals surface area (Å²) in [7, 11) is 2.07. The maximum absolute atomic E-state index is 4.68. The van der Waals surface area contributed by atoms with Crippen molar-refractivity contribution in [1.82, 2.24) is 20.0 Å². The van der Waals surface area contributed by atoms with Gasteiger partial charge in [0, 0.05) is 37.4 Å². The number of rotatable bonds is 7. The van der Waals surface area contributed by atoms with Crippen LogP contribution in [0.15, 0.2) is 11.6 Å². The van der Waals surface area contributed by atoms with Gasteiger partial charge in [-0.15, -0.1) is 0 Å². The van der Waals surface area contributed by atoms with E-state index in [0.29, 0.717) is 6.04 Å². The lowest BCUT2D eigenvalue weighted by atomic mass is 10.0. The van der Waals surface area contributed by atoms with Gasteiger partial charge in [0.05, 0.1) is 5.69 Å². The van der Waals surface area contributed by atoms with E-state index in [9.17, 15) is 0 Å². The topological polar surface area (TPSA) is 33.1 Å². The van der Waals surface area contributed by atoms with Crippen LogP contribution in [0.25, 0.3) is 0 Å². The van der Waals surface area contributed by atoms with E-state index < -0.39 is 0 Å². The van der Waals surface area contributed by atoms with E-state index in [1.54, 1.807) is 0 Å². The van der Waals surface area contributed by atoms with Crippen molar-refractivity contribution in [3.05, 3.63) is 28.6 Å². The zero-order valence-electron chi connectivity index (χ0n) is 15.7. The first-order valence-corrected chi connectivity index (χ1v) is 9.17. The smallest absolute Gasteiger partial charge is 0.0669 e. The maximum Gasteiger partial charge on any atom is 0.0669 e. The predicted octanol–water partition coefficient (Wildman–Crippen LogP) is 3.07. The molecule has 130 valence electrons. The molecular formula is C19H34N4. The lowest BCUT2D eigenvalue weighted by molar-refractivity contribution is 0.214. The molecule has 0 amide bonds. The summed E-state index contributed by atoms with van der Waals surface area (Å²) in [6.45, 7) is 13.3. The highest BCUT2D eigenvalue weighted by Gasteiger charge is 2.20. The second-order valence-electron chi connectivity index (χ2n) is 6.94. The van der Waals surface area contributed by atoms with Crippen LogP contribution in [0.2, 0.25) is 0 Å². The molecule has 1 aromatic rings. The monoisotopic (exact) mass is 318 g/mol. The molecule has 23 heavy (non-hydrogen) atoms. The van der Waals surface area contributed by atoms with Gasteiger partial charge >= 0.3 is 0 Å². The summed E-state index contributed by atoms with van der Waals surface area (Å²) in [5.41, 5.74) is 5.50. The molecule has 4 heteroatoms. The van der Waals surface area contributed by atoms with E-state index in [2.05, 4.69) is 60.8 Å². The lowest BCUT2D eigenvalue weighted by Crippen LogP contribution is -2.42. The SMILES string of the molecule is CCc1nn(C)c(CC)c1CNC1CCN(CC=C(C)C)CC1. The number of hydrogen-bond acceptors (Lipinski definition) is 3. The minimum atomic E-state index is 0.646. The molecule has 1 N–H and O–H groups in total. The maximum atomic E-state index is 4.68. The molecule has 0 aliphatic carbocycles. The molecule has 1 aromatic heterocycles. The Balaban J connectivity index is 1.85. The number of piperidine rings is 1. The quantitative estimate of drug-likeness (QED) is 0.784. The molecule has 2 heterocycles. The summed E-state index contributed by atoms with van der Waals surface area (Å²) in [6.07, 6.45) is 6.91. The number of aromatic nitrogens is 2. The summed E-state index contributed by atoms with van der Waals surface area (Å²) < 4.78 is 2.07. The minimum absolute atomic E-state index is 0.646. The van der Waals surface area contributed by atoms with Crippen LogP contribution >= 0.6 is 0 Å². The number of allylic oxidation sites excluding steroid dienone is 1. The van der Waals surface area contributed by atoms with E-state index in [0.717, 1.165) is 25.9 Å². The Morgan fingerprint density at radius 2 is 1.91 bits per heavy atom. The summed E-state index contributed by atoms with van der Waals surface area (Å²) >= 11 is 0. The van der Waals surface area contributed by atoms with Gasteiger partial charge in [0.25, 0.3) is 0 Å². The molecule has 0 radical (unpaired) electrons. The Morgan fingerprint density at radius 1 is 1.22 bits per heavy atom. The Kier molecular flexibility index (Phi) is 6.85. The van der Waals surface area contributed by atoms with Crippen LogP contribution in [0.5, 0.6) is 0 Å². The molecule has 0 bridgehead atoms. The van der Waals surface area contributed by atoms with Gasteiger partial charge in [-0.1, -0.05) is 25.5 Å². The predicted molar refractivity (Wildman–Crippen MR) is 97.7 cm³/mol. The van der Waals surface area contributed by atoms with E-state index in [1.165, 1.54) is 48.5 Å². The molecule has 0 saturated carbocycles. The second-order valence-corrected chi connectivity index (χ2v) is 6.94. The van der Waals surface area contributed by atoms with Crippen molar-refractivity contribution < 1.29 is 0 Å². The van der Waals surface area contributed by atoms with Crippen LogP contribution in [-0.2, 0) is 26.4 Å². The average Bonchev–Trinajstić information content (AvgIpc) is 2.86. The molecule has 1 aliphatic rings. The van der Waals surface area contributed by atoms with Gasteiger partial charge < -0.3 is 5.32 Å². The number of nitrogens with one attached hydrogen (secondary N) is 1. The van der Waals surface area contributed by atoms with Gasteiger partial charge in [-0.3, -0.25) is 9.58 Å². The van der Waals surface area contributed by atoms with Crippen LogP contribution in [0.3, 0.4) is 0 Å². The zero-order chi connectivity index (χ0) is 16.8. The number of likely N-dealkylation sites (tertiary alicyclic amines) is 1. The average molecular weight is 319 g/mol. The Hall–Kier alpha value is -1.13. The molecule has 1 saturated heterocycles. The molecule has 0 spiro atoms. The van der Waals surface area contributed by atoms with Crippen LogP contribution in [0.4, 0.5) is 0 Å². The first-order chi connectivity index (χ1) is 11.0. The minimum Gasteiger partial charge on any atom is -0.310 e. The van der Waals surface area contributed by atoms with Crippen molar-refractivity contribution in [2.75, 3.05) is 19.6 Å². The second kappa shape index (κ2) is 8.65. The Labute approximate surface area is 141 Å². The van der Waals surface area contributed by atoms with Gasteiger partial charge in [-0.2, -0.15) is 5.10 Å². The fourth-order valence-corrected chi connectivity index (χ4v) is 3.47. The fourth-order valence-electron chi connectivity index (χ4n) is 3.47. The molecule has 0 unspecified atom stereocenters. The van der Waals surface area contributed by atoms with Crippen molar-refractivity contribution in [2.24, 2.45) is 7.05 Å². The first-order valence-electron chi connectivity index (χ1n) is 9.17. The van der Waals surface area contributed by atoms with Crippen LogP contribution < -0.4 is 5.32 Å². The van der Waals surface area contributed by atoms with Crippen LogP contribution in [0.1, 0.15) is 57.5 Å². The summed E-state index contributed by atoms with van der Waals surface area (Å²) in [4.78, 5) is 2.56. The van der Waals surface area contributed by atoms with E-state index >= 15 is 0 Å². The third-order valence-corrected chi connectivity index (χ3v) is 4.94. The van der Waals surface area contributed by atoms with Crippen LogP contribution in [0, 0.1) is 0 Å². The van der Waals surface area contributed by atoms with Gasteiger partial charge in [0.2, 0.25) is 0 Å².